The topological polar surface area (TPSA) is 79.9 Å². The fraction of sp³-hybridized carbons (Fsp3) is 0.167. The summed E-state index contributed by atoms with van der Waals surface area (Å²) in [5.41, 5.74) is 1.59. The molecule has 140 valence electrons. The second-order valence-electron chi connectivity index (χ2n) is 5.61. The number of aryl methyl sites for hydroxylation is 1. The molecule has 1 amide bonds. The summed E-state index contributed by atoms with van der Waals surface area (Å²) in [5.74, 6) is 1.33. The number of anilines is 1. The SMILES string of the molecule is Cc1ccccc1OCc1nc(SCC(=O)Nc2cc(Cl)cc(Cl)c2)n[nH]1. The summed E-state index contributed by atoms with van der Waals surface area (Å²) in [6.07, 6.45) is 0. The number of carbonyl (C=O) groups is 1. The minimum atomic E-state index is -0.208. The van der Waals surface area contributed by atoms with Crippen LogP contribution in [0.5, 0.6) is 5.75 Å². The third-order valence-electron chi connectivity index (χ3n) is 3.45. The van der Waals surface area contributed by atoms with Gasteiger partial charge in [-0.1, -0.05) is 53.2 Å². The fourth-order valence-electron chi connectivity index (χ4n) is 2.22. The average Bonchev–Trinajstić information content (AvgIpc) is 3.06. The van der Waals surface area contributed by atoms with E-state index in [0.717, 1.165) is 11.3 Å². The van der Waals surface area contributed by atoms with Gasteiger partial charge in [-0.25, -0.2) is 4.98 Å². The van der Waals surface area contributed by atoms with Crippen molar-refractivity contribution >= 4 is 46.6 Å². The van der Waals surface area contributed by atoms with Crippen LogP contribution in [0.25, 0.3) is 0 Å². The zero-order chi connectivity index (χ0) is 19.2. The van der Waals surface area contributed by atoms with Gasteiger partial charge in [-0.05, 0) is 36.8 Å². The summed E-state index contributed by atoms with van der Waals surface area (Å²) in [6.45, 7) is 2.24. The van der Waals surface area contributed by atoms with Gasteiger partial charge in [0.1, 0.15) is 12.4 Å². The second kappa shape index (κ2) is 9.12. The van der Waals surface area contributed by atoms with Crippen LogP contribution in [0.4, 0.5) is 5.69 Å². The normalized spacial score (nSPS) is 10.6. The monoisotopic (exact) mass is 422 g/mol. The molecule has 0 aliphatic rings. The van der Waals surface area contributed by atoms with E-state index in [1.165, 1.54) is 11.8 Å². The minimum absolute atomic E-state index is 0.153. The molecule has 9 heteroatoms. The second-order valence-corrected chi connectivity index (χ2v) is 7.43. The lowest BCUT2D eigenvalue weighted by Crippen LogP contribution is -2.14. The highest BCUT2D eigenvalue weighted by Crippen LogP contribution is 2.23. The lowest BCUT2D eigenvalue weighted by molar-refractivity contribution is -0.113. The number of nitrogens with one attached hydrogen (secondary N) is 2. The van der Waals surface area contributed by atoms with Crippen molar-refractivity contribution in [2.24, 2.45) is 0 Å². The predicted octanol–water partition coefficient (Wildman–Crippen LogP) is 4.73. The van der Waals surface area contributed by atoms with Crippen molar-refractivity contribution in [3.63, 3.8) is 0 Å². The molecule has 0 radical (unpaired) electrons. The Morgan fingerprint density at radius 2 is 1.96 bits per heavy atom. The Bertz CT molecular complexity index is 928. The number of hydrogen-bond acceptors (Lipinski definition) is 5. The quantitative estimate of drug-likeness (QED) is 0.537. The van der Waals surface area contributed by atoms with Gasteiger partial charge in [0.25, 0.3) is 0 Å². The van der Waals surface area contributed by atoms with E-state index in [2.05, 4.69) is 20.5 Å². The number of rotatable bonds is 7. The zero-order valence-corrected chi connectivity index (χ0v) is 16.7. The van der Waals surface area contributed by atoms with Gasteiger partial charge in [0.05, 0.1) is 5.75 Å². The molecule has 2 N–H and O–H groups in total. The third kappa shape index (κ3) is 5.89. The Kier molecular flexibility index (Phi) is 6.60. The summed E-state index contributed by atoms with van der Waals surface area (Å²) in [7, 11) is 0. The Morgan fingerprint density at radius 1 is 1.22 bits per heavy atom. The van der Waals surface area contributed by atoms with E-state index >= 15 is 0 Å². The van der Waals surface area contributed by atoms with Crippen LogP contribution in [0, 0.1) is 6.92 Å². The van der Waals surface area contributed by atoms with Gasteiger partial charge in [0, 0.05) is 15.7 Å². The van der Waals surface area contributed by atoms with Crippen LogP contribution in [0.2, 0.25) is 10.0 Å². The molecule has 0 aliphatic carbocycles. The molecule has 3 rings (SSSR count). The van der Waals surface area contributed by atoms with Crippen molar-refractivity contribution in [2.75, 3.05) is 11.1 Å². The lowest BCUT2D eigenvalue weighted by atomic mass is 10.2. The van der Waals surface area contributed by atoms with Gasteiger partial charge in [-0.3, -0.25) is 9.89 Å². The van der Waals surface area contributed by atoms with Crippen LogP contribution < -0.4 is 10.1 Å². The molecular weight excluding hydrogens is 407 g/mol. The summed E-state index contributed by atoms with van der Waals surface area (Å²) in [4.78, 5) is 16.4. The number of carbonyl (C=O) groups excluding carboxylic acids is 1. The highest BCUT2D eigenvalue weighted by molar-refractivity contribution is 7.99. The highest BCUT2D eigenvalue weighted by atomic mass is 35.5. The van der Waals surface area contributed by atoms with Crippen LogP contribution in [0.15, 0.2) is 47.6 Å². The van der Waals surface area contributed by atoms with E-state index < -0.39 is 0 Å². The molecule has 6 nitrogen and oxygen atoms in total. The summed E-state index contributed by atoms with van der Waals surface area (Å²) in [6, 6.07) is 12.6. The number of amides is 1. The van der Waals surface area contributed by atoms with Crippen molar-refractivity contribution < 1.29 is 9.53 Å². The molecule has 1 heterocycles. The van der Waals surface area contributed by atoms with E-state index in [4.69, 9.17) is 27.9 Å². The van der Waals surface area contributed by atoms with E-state index in [-0.39, 0.29) is 18.3 Å². The first-order chi connectivity index (χ1) is 13.0. The van der Waals surface area contributed by atoms with Crippen molar-refractivity contribution in [3.05, 3.63) is 63.9 Å². The van der Waals surface area contributed by atoms with Crippen molar-refractivity contribution in [1.82, 2.24) is 15.2 Å². The number of nitrogens with zero attached hydrogens (tertiary/aromatic N) is 2. The van der Waals surface area contributed by atoms with Crippen LogP contribution in [0.3, 0.4) is 0 Å². The average molecular weight is 423 g/mol. The molecule has 3 aromatic rings. The molecule has 0 saturated heterocycles. The molecule has 0 aliphatic heterocycles. The minimum Gasteiger partial charge on any atom is -0.485 e. The van der Waals surface area contributed by atoms with Crippen LogP contribution in [-0.4, -0.2) is 26.8 Å². The van der Waals surface area contributed by atoms with E-state index in [1.807, 2.05) is 31.2 Å². The molecule has 2 aromatic carbocycles. The maximum absolute atomic E-state index is 12.1. The van der Waals surface area contributed by atoms with E-state index in [1.54, 1.807) is 18.2 Å². The maximum atomic E-state index is 12.1. The number of H-pyrrole nitrogens is 1. The smallest absolute Gasteiger partial charge is 0.234 e. The summed E-state index contributed by atoms with van der Waals surface area (Å²) in [5, 5.41) is 11.0. The third-order valence-corrected chi connectivity index (χ3v) is 4.73. The van der Waals surface area contributed by atoms with Crippen LogP contribution in [0.1, 0.15) is 11.4 Å². The molecule has 0 fully saturated rings. The van der Waals surface area contributed by atoms with E-state index in [0.29, 0.717) is 26.7 Å². The number of aromatic amines is 1. The number of thioether (sulfide) groups is 1. The summed E-state index contributed by atoms with van der Waals surface area (Å²) < 4.78 is 5.72. The number of para-hydroxylation sites is 1. The van der Waals surface area contributed by atoms with Crippen molar-refractivity contribution in [3.8, 4) is 5.75 Å². The molecule has 0 atom stereocenters. The number of hydrogen-bond donors (Lipinski definition) is 2. The van der Waals surface area contributed by atoms with Gasteiger partial charge >= 0.3 is 0 Å². The zero-order valence-electron chi connectivity index (χ0n) is 14.3. The van der Waals surface area contributed by atoms with Gasteiger partial charge in [-0.2, -0.15) is 0 Å². The Hall–Kier alpha value is -2.22. The van der Waals surface area contributed by atoms with Gasteiger partial charge in [0.15, 0.2) is 5.82 Å². The maximum Gasteiger partial charge on any atom is 0.234 e. The highest BCUT2D eigenvalue weighted by Gasteiger charge is 2.10. The van der Waals surface area contributed by atoms with Gasteiger partial charge in [0.2, 0.25) is 11.1 Å². The first-order valence-corrected chi connectivity index (χ1v) is 9.72. The lowest BCUT2D eigenvalue weighted by Gasteiger charge is -2.06. The first-order valence-electron chi connectivity index (χ1n) is 7.98. The Balaban J connectivity index is 1.49. The summed E-state index contributed by atoms with van der Waals surface area (Å²) >= 11 is 13.0. The molecule has 27 heavy (non-hydrogen) atoms. The molecular formula is C18H16Cl2N4O2S. The van der Waals surface area contributed by atoms with Crippen molar-refractivity contribution in [1.29, 1.82) is 0 Å². The molecule has 1 aromatic heterocycles. The van der Waals surface area contributed by atoms with Gasteiger partial charge in [-0.15, -0.1) is 5.10 Å². The first kappa shape index (κ1) is 19.5. The van der Waals surface area contributed by atoms with Crippen LogP contribution >= 0.6 is 35.0 Å². The largest absolute Gasteiger partial charge is 0.485 e. The van der Waals surface area contributed by atoms with Crippen LogP contribution in [-0.2, 0) is 11.4 Å². The standard InChI is InChI=1S/C18H16Cl2N4O2S/c1-11-4-2-3-5-15(11)26-9-16-22-18(24-23-16)27-10-17(25)21-14-7-12(19)6-13(20)8-14/h2-8H,9-10H2,1H3,(H,21,25)(H,22,23,24). The predicted molar refractivity (Wildman–Crippen MR) is 108 cm³/mol. The number of halogens is 2. The number of aromatic nitrogens is 3. The molecule has 0 bridgehead atoms. The fourth-order valence-corrected chi connectivity index (χ4v) is 3.37. The van der Waals surface area contributed by atoms with E-state index in [9.17, 15) is 4.79 Å². The number of ether oxygens (including phenoxy) is 1. The molecule has 0 saturated carbocycles. The van der Waals surface area contributed by atoms with Gasteiger partial charge < -0.3 is 10.1 Å². The Labute approximate surface area is 170 Å². The molecule has 0 spiro atoms. The van der Waals surface area contributed by atoms with Crippen molar-refractivity contribution in [2.45, 2.75) is 18.7 Å². The number of benzene rings is 2. The Morgan fingerprint density at radius 3 is 2.70 bits per heavy atom. The molecule has 0 unspecified atom stereocenters.